The van der Waals surface area contributed by atoms with Crippen LogP contribution in [0.4, 0.5) is 0 Å². The third-order valence-electron chi connectivity index (χ3n) is 3.11. The minimum Gasteiger partial charge on any atom is -0.378 e. The highest BCUT2D eigenvalue weighted by Gasteiger charge is 2.15. The van der Waals surface area contributed by atoms with Gasteiger partial charge in [0, 0.05) is 18.4 Å². The lowest BCUT2D eigenvalue weighted by atomic mass is 10.1. The Balaban J connectivity index is 2.01. The Morgan fingerprint density at radius 1 is 1.41 bits per heavy atom. The van der Waals surface area contributed by atoms with Gasteiger partial charge in [-0.2, -0.15) is 11.8 Å². The van der Waals surface area contributed by atoms with Crippen molar-refractivity contribution in [3.63, 3.8) is 0 Å². The minimum absolute atomic E-state index is 0.458. The highest BCUT2D eigenvalue weighted by Crippen LogP contribution is 2.19. The smallest absolute Gasteiger partial charge is 0.0576 e. The second-order valence-electron chi connectivity index (χ2n) is 5.36. The molecule has 3 nitrogen and oxygen atoms in total. The number of hydrogen-bond acceptors (Lipinski definition) is 4. The normalized spacial score (nSPS) is 22.2. The van der Waals surface area contributed by atoms with Crippen molar-refractivity contribution < 1.29 is 4.74 Å². The topological polar surface area (TPSA) is 47.3 Å². The molecule has 1 aliphatic rings. The van der Waals surface area contributed by atoms with Gasteiger partial charge in [-0.15, -0.1) is 0 Å². The Bertz CT molecular complexity index is 184. The molecule has 0 aromatic carbocycles. The van der Waals surface area contributed by atoms with Crippen LogP contribution in [0.15, 0.2) is 0 Å². The molecule has 1 aliphatic heterocycles. The summed E-state index contributed by atoms with van der Waals surface area (Å²) in [6.45, 7) is 5.48. The summed E-state index contributed by atoms with van der Waals surface area (Å²) >= 11 is 2.00. The number of rotatable bonds is 9. The molecule has 0 bridgehead atoms. The van der Waals surface area contributed by atoms with E-state index in [1.165, 1.54) is 37.9 Å². The van der Waals surface area contributed by atoms with Gasteiger partial charge < -0.3 is 4.74 Å². The minimum atomic E-state index is 0.458. The molecule has 0 aromatic heterocycles. The molecule has 1 fully saturated rings. The van der Waals surface area contributed by atoms with Crippen LogP contribution in [-0.4, -0.2) is 30.3 Å². The maximum atomic E-state index is 5.62. The molecular weight excluding hydrogens is 232 g/mol. The second-order valence-corrected chi connectivity index (χ2v) is 6.44. The van der Waals surface area contributed by atoms with Gasteiger partial charge in [0.2, 0.25) is 0 Å². The molecule has 102 valence electrons. The molecule has 0 radical (unpaired) electrons. The highest BCUT2D eigenvalue weighted by molar-refractivity contribution is 7.99. The average Bonchev–Trinajstić information content (AvgIpc) is 2.79. The van der Waals surface area contributed by atoms with Crippen LogP contribution in [0.3, 0.4) is 0 Å². The number of nitrogens with one attached hydrogen (secondary N) is 1. The number of ether oxygens (including phenoxy) is 1. The van der Waals surface area contributed by atoms with E-state index in [0.29, 0.717) is 12.1 Å². The van der Waals surface area contributed by atoms with E-state index >= 15 is 0 Å². The Hall–Kier alpha value is 0.230. The van der Waals surface area contributed by atoms with Crippen molar-refractivity contribution in [3.8, 4) is 0 Å². The van der Waals surface area contributed by atoms with Gasteiger partial charge in [0.25, 0.3) is 0 Å². The molecule has 0 aromatic rings. The maximum absolute atomic E-state index is 5.62. The van der Waals surface area contributed by atoms with Gasteiger partial charge in [-0.05, 0) is 43.8 Å². The van der Waals surface area contributed by atoms with Crippen LogP contribution in [0.5, 0.6) is 0 Å². The first-order valence-corrected chi connectivity index (χ1v) is 8.03. The third-order valence-corrected chi connectivity index (χ3v) is 4.65. The lowest BCUT2D eigenvalue weighted by Gasteiger charge is -2.17. The first-order valence-electron chi connectivity index (χ1n) is 6.88. The molecule has 2 atom stereocenters. The molecule has 1 heterocycles. The van der Waals surface area contributed by atoms with E-state index in [1.54, 1.807) is 0 Å². The predicted octanol–water partition coefficient (Wildman–Crippen LogP) is 2.56. The second kappa shape index (κ2) is 9.20. The summed E-state index contributed by atoms with van der Waals surface area (Å²) in [6.07, 6.45) is 6.61. The van der Waals surface area contributed by atoms with Crippen molar-refractivity contribution in [2.75, 3.05) is 18.1 Å². The van der Waals surface area contributed by atoms with Gasteiger partial charge >= 0.3 is 0 Å². The Labute approximate surface area is 110 Å². The van der Waals surface area contributed by atoms with E-state index in [9.17, 15) is 0 Å². The van der Waals surface area contributed by atoms with Crippen LogP contribution < -0.4 is 11.3 Å². The summed E-state index contributed by atoms with van der Waals surface area (Å²) in [7, 11) is 0. The van der Waals surface area contributed by atoms with Crippen LogP contribution in [0.2, 0.25) is 0 Å². The van der Waals surface area contributed by atoms with Gasteiger partial charge in [0.05, 0.1) is 6.10 Å². The maximum Gasteiger partial charge on any atom is 0.0576 e. The largest absolute Gasteiger partial charge is 0.378 e. The zero-order chi connectivity index (χ0) is 12.5. The van der Waals surface area contributed by atoms with Crippen molar-refractivity contribution >= 4 is 11.8 Å². The molecule has 17 heavy (non-hydrogen) atoms. The molecule has 0 aliphatic carbocycles. The van der Waals surface area contributed by atoms with Crippen molar-refractivity contribution in [2.24, 2.45) is 11.8 Å². The van der Waals surface area contributed by atoms with Gasteiger partial charge in [-0.1, -0.05) is 13.8 Å². The fraction of sp³-hybridized carbons (Fsp3) is 1.00. The van der Waals surface area contributed by atoms with Crippen LogP contribution in [0, 0.1) is 5.92 Å². The Morgan fingerprint density at radius 2 is 2.24 bits per heavy atom. The number of hydrazine groups is 1. The third kappa shape index (κ3) is 7.29. The van der Waals surface area contributed by atoms with Gasteiger partial charge in [-0.25, -0.2) is 0 Å². The van der Waals surface area contributed by atoms with Gasteiger partial charge in [0.1, 0.15) is 0 Å². The van der Waals surface area contributed by atoms with E-state index in [2.05, 4.69) is 19.3 Å². The molecule has 4 heteroatoms. The number of hydrogen-bond donors (Lipinski definition) is 2. The molecule has 0 spiro atoms. The quantitative estimate of drug-likeness (QED) is 0.494. The molecular formula is C13H28N2OS. The summed E-state index contributed by atoms with van der Waals surface area (Å²) in [5.41, 5.74) is 2.94. The van der Waals surface area contributed by atoms with E-state index in [0.717, 1.165) is 18.3 Å². The SMILES string of the molecule is CC(C)CSCC(CCCC1CCCO1)NN. The summed E-state index contributed by atoms with van der Waals surface area (Å²) in [4.78, 5) is 0. The summed E-state index contributed by atoms with van der Waals surface area (Å²) in [5.74, 6) is 8.71. The molecule has 0 saturated carbocycles. The first kappa shape index (κ1) is 15.3. The highest BCUT2D eigenvalue weighted by atomic mass is 32.2. The zero-order valence-electron chi connectivity index (χ0n) is 11.3. The Kier molecular flexibility index (Phi) is 8.27. The lowest BCUT2D eigenvalue weighted by molar-refractivity contribution is 0.101. The monoisotopic (exact) mass is 260 g/mol. The molecule has 3 N–H and O–H groups in total. The van der Waals surface area contributed by atoms with Crippen LogP contribution >= 0.6 is 11.8 Å². The van der Waals surface area contributed by atoms with E-state index in [4.69, 9.17) is 10.6 Å². The Morgan fingerprint density at radius 3 is 2.82 bits per heavy atom. The van der Waals surface area contributed by atoms with Crippen molar-refractivity contribution in [3.05, 3.63) is 0 Å². The first-order chi connectivity index (χ1) is 8.22. The standard InChI is InChI=1S/C13H28N2OS/c1-11(2)9-17-10-12(15-14)5-3-6-13-7-4-8-16-13/h11-13,15H,3-10,14H2,1-2H3. The molecule has 1 saturated heterocycles. The average molecular weight is 260 g/mol. The van der Waals surface area contributed by atoms with Crippen molar-refractivity contribution in [2.45, 2.75) is 58.1 Å². The van der Waals surface area contributed by atoms with Crippen LogP contribution in [-0.2, 0) is 4.74 Å². The van der Waals surface area contributed by atoms with Crippen molar-refractivity contribution in [1.29, 1.82) is 0 Å². The summed E-state index contributed by atoms with van der Waals surface area (Å²) < 4.78 is 5.62. The van der Waals surface area contributed by atoms with Crippen LogP contribution in [0.1, 0.15) is 46.0 Å². The fourth-order valence-electron chi connectivity index (χ4n) is 2.12. The summed E-state index contributed by atoms with van der Waals surface area (Å²) in [5, 5.41) is 0. The molecule has 0 amide bonds. The van der Waals surface area contributed by atoms with E-state index in [-0.39, 0.29) is 0 Å². The molecule has 1 rings (SSSR count). The van der Waals surface area contributed by atoms with Gasteiger partial charge in [-0.3, -0.25) is 11.3 Å². The fourth-order valence-corrected chi connectivity index (χ4v) is 3.28. The van der Waals surface area contributed by atoms with Gasteiger partial charge in [0.15, 0.2) is 0 Å². The summed E-state index contributed by atoms with van der Waals surface area (Å²) in [6, 6.07) is 0.458. The number of thioether (sulfide) groups is 1. The predicted molar refractivity (Wildman–Crippen MR) is 76.1 cm³/mol. The van der Waals surface area contributed by atoms with Crippen LogP contribution in [0.25, 0.3) is 0 Å². The lowest BCUT2D eigenvalue weighted by Crippen LogP contribution is -2.37. The molecule has 2 unspecified atom stereocenters. The van der Waals surface area contributed by atoms with Crippen molar-refractivity contribution in [1.82, 2.24) is 5.43 Å². The zero-order valence-corrected chi connectivity index (χ0v) is 12.1. The van der Waals surface area contributed by atoms with E-state index in [1.807, 2.05) is 11.8 Å². The number of nitrogens with two attached hydrogens (primary N) is 1. The van der Waals surface area contributed by atoms with E-state index < -0.39 is 0 Å².